The summed E-state index contributed by atoms with van der Waals surface area (Å²) in [6.45, 7) is 0.459. The van der Waals surface area contributed by atoms with Gasteiger partial charge in [-0.3, -0.25) is 4.68 Å². The van der Waals surface area contributed by atoms with Crippen molar-refractivity contribution in [2.24, 2.45) is 0 Å². The van der Waals surface area contributed by atoms with Gasteiger partial charge < -0.3 is 15.2 Å². The first-order valence-electron chi connectivity index (χ1n) is 7.09. The molecule has 0 saturated heterocycles. The summed E-state index contributed by atoms with van der Waals surface area (Å²) in [5.74, 6) is 0.0603. The molecule has 0 bridgehead atoms. The summed E-state index contributed by atoms with van der Waals surface area (Å²) in [5.41, 5.74) is 8.69. The Bertz CT molecular complexity index is 871. The van der Waals surface area contributed by atoms with Crippen molar-refractivity contribution in [2.75, 3.05) is 20.0 Å². The van der Waals surface area contributed by atoms with Crippen LogP contribution in [-0.4, -0.2) is 30.0 Å². The van der Waals surface area contributed by atoms with Gasteiger partial charge in [0, 0.05) is 16.6 Å². The maximum Gasteiger partial charge on any atom is 0.341 e. The highest BCUT2D eigenvalue weighted by Crippen LogP contribution is 2.26. The van der Waals surface area contributed by atoms with Crippen LogP contribution >= 0.6 is 0 Å². The first kappa shape index (κ1) is 14.9. The molecule has 118 valence electrons. The van der Waals surface area contributed by atoms with Gasteiger partial charge in [0.15, 0.2) is 0 Å². The predicted octanol–water partition coefficient (Wildman–Crippen LogP) is 2.46. The van der Waals surface area contributed by atoms with E-state index in [2.05, 4.69) is 5.10 Å². The Morgan fingerprint density at radius 3 is 2.83 bits per heavy atom. The molecule has 0 amide bonds. The van der Waals surface area contributed by atoms with Crippen LogP contribution in [0.15, 0.2) is 42.6 Å². The number of anilines is 1. The van der Waals surface area contributed by atoms with Gasteiger partial charge in [-0.2, -0.15) is 5.10 Å². The quantitative estimate of drug-likeness (QED) is 0.591. The number of carbonyl (C=O) groups excluding carboxylic acids is 1. The molecule has 23 heavy (non-hydrogen) atoms. The lowest BCUT2D eigenvalue weighted by molar-refractivity contribution is 0.0597. The molecule has 0 aliphatic heterocycles. The van der Waals surface area contributed by atoms with Gasteiger partial charge in [0.05, 0.1) is 32.5 Å². The van der Waals surface area contributed by atoms with E-state index < -0.39 is 5.97 Å². The fourth-order valence-corrected chi connectivity index (χ4v) is 2.60. The summed E-state index contributed by atoms with van der Waals surface area (Å²) in [4.78, 5) is 11.9. The minimum absolute atomic E-state index is 0.392. The molecule has 0 aliphatic carbocycles. The molecule has 2 N–H and O–H groups in total. The second-order valence-electron chi connectivity index (χ2n) is 5.11. The van der Waals surface area contributed by atoms with Crippen LogP contribution in [0.5, 0.6) is 5.75 Å². The molecule has 0 unspecified atom stereocenters. The summed E-state index contributed by atoms with van der Waals surface area (Å²) in [6, 6.07) is 11.0. The molecule has 6 nitrogen and oxygen atoms in total. The molecule has 0 spiro atoms. The fraction of sp³-hybridized carbons (Fsp3) is 0.176. The maximum absolute atomic E-state index is 11.9. The zero-order valence-corrected chi connectivity index (χ0v) is 12.9. The summed E-state index contributed by atoms with van der Waals surface area (Å²) >= 11 is 0. The van der Waals surface area contributed by atoms with Gasteiger partial charge in [0.1, 0.15) is 11.3 Å². The van der Waals surface area contributed by atoms with Gasteiger partial charge >= 0.3 is 5.97 Å². The van der Waals surface area contributed by atoms with Crippen molar-refractivity contribution in [3.05, 3.63) is 53.7 Å². The Labute approximate surface area is 133 Å². The molecule has 3 aromatic rings. The van der Waals surface area contributed by atoms with Crippen molar-refractivity contribution in [1.29, 1.82) is 0 Å². The fourth-order valence-electron chi connectivity index (χ4n) is 2.60. The van der Waals surface area contributed by atoms with Gasteiger partial charge in [0.2, 0.25) is 0 Å². The number of nitrogen functional groups attached to an aromatic ring is 1. The van der Waals surface area contributed by atoms with Crippen LogP contribution < -0.4 is 10.5 Å². The summed E-state index contributed by atoms with van der Waals surface area (Å²) in [6.07, 6.45) is 1.78. The second-order valence-corrected chi connectivity index (χ2v) is 5.11. The smallest absolute Gasteiger partial charge is 0.341 e. The molecule has 6 heteroatoms. The number of esters is 1. The first-order chi connectivity index (χ1) is 11.1. The Kier molecular flexibility index (Phi) is 3.89. The largest absolute Gasteiger partial charge is 0.495 e. The van der Waals surface area contributed by atoms with Crippen molar-refractivity contribution in [3.63, 3.8) is 0 Å². The second kappa shape index (κ2) is 6.00. The lowest BCUT2D eigenvalue weighted by Crippen LogP contribution is -2.09. The van der Waals surface area contributed by atoms with E-state index in [1.54, 1.807) is 18.3 Å². The number of ether oxygens (including phenoxy) is 2. The minimum Gasteiger partial charge on any atom is -0.495 e. The van der Waals surface area contributed by atoms with Crippen LogP contribution in [0.25, 0.3) is 10.9 Å². The normalized spacial score (nSPS) is 10.7. The van der Waals surface area contributed by atoms with Crippen LogP contribution in [-0.2, 0) is 11.3 Å². The number of hydrogen-bond acceptors (Lipinski definition) is 5. The number of nitrogens with two attached hydrogens (primary N) is 1. The number of para-hydroxylation sites is 1. The topological polar surface area (TPSA) is 79.4 Å². The third-order valence-electron chi connectivity index (χ3n) is 3.69. The Balaban J connectivity index is 2.05. The van der Waals surface area contributed by atoms with Gasteiger partial charge in [0.25, 0.3) is 0 Å². The van der Waals surface area contributed by atoms with Crippen molar-refractivity contribution in [3.8, 4) is 5.75 Å². The molecular weight excluding hydrogens is 294 g/mol. The first-order valence-corrected chi connectivity index (χ1v) is 7.09. The third kappa shape index (κ3) is 2.70. The van der Waals surface area contributed by atoms with E-state index in [9.17, 15) is 4.79 Å². The predicted molar refractivity (Wildman–Crippen MR) is 87.6 cm³/mol. The number of nitrogens with zero attached hydrogens (tertiary/aromatic N) is 2. The molecule has 0 aliphatic rings. The monoisotopic (exact) mass is 311 g/mol. The standard InChI is InChI=1S/C17H17N3O3/c1-22-16-12(4-3-5-14(16)17(21)23-2)10-20-15-8-13(18)7-6-11(15)9-19-20/h3-9H,10,18H2,1-2H3. The van der Waals surface area contributed by atoms with E-state index in [0.29, 0.717) is 23.5 Å². The number of hydrogen-bond donors (Lipinski definition) is 1. The van der Waals surface area contributed by atoms with E-state index >= 15 is 0 Å². The van der Waals surface area contributed by atoms with E-state index in [1.807, 2.05) is 28.9 Å². The van der Waals surface area contributed by atoms with Gasteiger partial charge in [-0.15, -0.1) is 0 Å². The lowest BCUT2D eigenvalue weighted by atomic mass is 10.1. The molecule has 3 rings (SSSR count). The highest BCUT2D eigenvalue weighted by Gasteiger charge is 2.17. The van der Waals surface area contributed by atoms with Crippen LogP contribution in [0.3, 0.4) is 0 Å². The Morgan fingerprint density at radius 1 is 1.26 bits per heavy atom. The number of methoxy groups -OCH3 is 2. The lowest BCUT2D eigenvalue weighted by Gasteiger charge is -2.13. The zero-order chi connectivity index (χ0) is 16.4. The molecule has 0 fully saturated rings. The highest BCUT2D eigenvalue weighted by molar-refractivity contribution is 5.93. The molecule has 0 atom stereocenters. The van der Waals surface area contributed by atoms with Crippen molar-refractivity contribution in [1.82, 2.24) is 9.78 Å². The Hall–Kier alpha value is -3.02. The van der Waals surface area contributed by atoms with Crippen LogP contribution in [0.1, 0.15) is 15.9 Å². The van der Waals surface area contributed by atoms with Crippen LogP contribution in [0.4, 0.5) is 5.69 Å². The number of fused-ring (bicyclic) bond motifs is 1. The maximum atomic E-state index is 11.9. The van der Waals surface area contributed by atoms with Crippen molar-refractivity contribution < 1.29 is 14.3 Å². The average Bonchev–Trinajstić information content (AvgIpc) is 2.96. The molecule has 0 saturated carbocycles. The van der Waals surface area contributed by atoms with Gasteiger partial charge in [-0.25, -0.2) is 4.79 Å². The number of rotatable bonds is 4. The third-order valence-corrected chi connectivity index (χ3v) is 3.69. The summed E-state index contributed by atoms with van der Waals surface area (Å²) < 4.78 is 12.0. The van der Waals surface area contributed by atoms with Crippen LogP contribution in [0.2, 0.25) is 0 Å². The number of carbonyl (C=O) groups is 1. The van der Waals surface area contributed by atoms with E-state index in [0.717, 1.165) is 16.5 Å². The van der Waals surface area contributed by atoms with Gasteiger partial charge in [-0.05, 0) is 24.3 Å². The number of aromatic nitrogens is 2. The minimum atomic E-state index is -0.432. The van der Waals surface area contributed by atoms with E-state index in [-0.39, 0.29) is 0 Å². The zero-order valence-electron chi connectivity index (χ0n) is 12.9. The molecular formula is C17H17N3O3. The van der Waals surface area contributed by atoms with E-state index in [1.165, 1.54) is 14.2 Å². The average molecular weight is 311 g/mol. The number of benzene rings is 2. The van der Waals surface area contributed by atoms with Crippen LogP contribution in [0, 0.1) is 0 Å². The van der Waals surface area contributed by atoms with Crippen molar-refractivity contribution in [2.45, 2.75) is 6.54 Å². The molecule has 2 aromatic carbocycles. The highest BCUT2D eigenvalue weighted by atomic mass is 16.5. The summed E-state index contributed by atoms with van der Waals surface area (Å²) in [7, 11) is 2.88. The Morgan fingerprint density at radius 2 is 2.09 bits per heavy atom. The summed E-state index contributed by atoms with van der Waals surface area (Å²) in [5, 5.41) is 5.39. The molecule has 1 heterocycles. The van der Waals surface area contributed by atoms with Gasteiger partial charge in [-0.1, -0.05) is 12.1 Å². The van der Waals surface area contributed by atoms with E-state index in [4.69, 9.17) is 15.2 Å². The molecule has 0 radical (unpaired) electrons. The van der Waals surface area contributed by atoms with Crippen molar-refractivity contribution >= 4 is 22.6 Å². The molecule has 1 aromatic heterocycles. The SMILES string of the molecule is COC(=O)c1cccc(Cn2ncc3ccc(N)cc32)c1OC.